The predicted octanol–water partition coefficient (Wildman–Crippen LogP) is 2.01. The smallest absolute Gasteiger partial charge is 0.247 e. The second-order valence-electron chi connectivity index (χ2n) is 5.13. The molecule has 0 aliphatic rings. The molecule has 1 aromatic rings. The summed E-state index contributed by atoms with van der Waals surface area (Å²) < 4.78 is 22.5. The van der Waals surface area contributed by atoms with Crippen LogP contribution in [-0.4, -0.2) is 14.3 Å². The molecule has 0 aliphatic carbocycles. The van der Waals surface area contributed by atoms with E-state index in [1.54, 1.807) is 6.07 Å². The monoisotopic (exact) mass is 304 g/mol. The van der Waals surface area contributed by atoms with E-state index in [0.29, 0.717) is 0 Å². The lowest BCUT2D eigenvalue weighted by atomic mass is 9.89. The number of primary sulfonamides is 1. The summed E-state index contributed by atoms with van der Waals surface area (Å²) in [4.78, 5) is 12.8. The standard InChI is InChI=1S/C12H20N2O3S2/c1-5-12(3,4)11(15)14-8(2)9-6-7-10(18-9)19(13,16)17/h6-8H,5H2,1-4H3,(H,14,15)(H2,13,16,17). The lowest BCUT2D eigenvalue weighted by Crippen LogP contribution is -2.37. The van der Waals surface area contributed by atoms with Crippen molar-refractivity contribution in [3.8, 4) is 0 Å². The maximum atomic E-state index is 12.0. The average molecular weight is 304 g/mol. The topological polar surface area (TPSA) is 89.3 Å². The number of hydrogen-bond acceptors (Lipinski definition) is 4. The van der Waals surface area contributed by atoms with Gasteiger partial charge >= 0.3 is 0 Å². The van der Waals surface area contributed by atoms with Gasteiger partial charge in [-0.25, -0.2) is 13.6 Å². The van der Waals surface area contributed by atoms with Crippen molar-refractivity contribution in [1.82, 2.24) is 5.32 Å². The largest absolute Gasteiger partial charge is 0.348 e. The van der Waals surface area contributed by atoms with Crippen molar-refractivity contribution in [1.29, 1.82) is 0 Å². The summed E-state index contributed by atoms with van der Waals surface area (Å²) in [7, 11) is -3.67. The molecule has 108 valence electrons. The van der Waals surface area contributed by atoms with Gasteiger partial charge in [-0.3, -0.25) is 4.79 Å². The molecule has 0 spiro atoms. The van der Waals surface area contributed by atoms with Crippen molar-refractivity contribution in [3.05, 3.63) is 17.0 Å². The highest BCUT2D eigenvalue weighted by Crippen LogP contribution is 2.27. The van der Waals surface area contributed by atoms with E-state index in [2.05, 4.69) is 5.32 Å². The zero-order chi connectivity index (χ0) is 14.8. The number of sulfonamides is 1. The molecule has 1 rings (SSSR count). The Bertz CT molecular complexity index is 561. The third-order valence-corrected chi connectivity index (χ3v) is 5.86. The SMILES string of the molecule is CCC(C)(C)C(=O)NC(C)c1ccc(S(N)(=O)=O)s1. The highest BCUT2D eigenvalue weighted by atomic mass is 32.2. The van der Waals surface area contributed by atoms with Crippen LogP contribution in [0.25, 0.3) is 0 Å². The first-order valence-electron chi connectivity index (χ1n) is 6.01. The fraction of sp³-hybridized carbons (Fsp3) is 0.583. The van der Waals surface area contributed by atoms with Crippen LogP contribution in [0.2, 0.25) is 0 Å². The molecule has 0 bridgehead atoms. The van der Waals surface area contributed by atoms with Crippen molar-refractivity contribution >= 4 is 27.3 Å². The number of carbonyl (C=O) groups is 1. The molecule has 1 amide bonds. The first kappa shape index (κ1) is 16.1. The van der Waals surface area contributed by atoms with Gasteiger partial charge in [0.1, 0.15) is 4.21 Å². The Kier molecular flexibility index (Phi) is 4.76. The Morgan fingerprint density at radius 3 is 2.47 bits per heavy atom. The fourth-order valence-electron chi connectivity index (χ4n) is 1.34. The predicted molar refractivity (Wildman–Crippen MR) is 76.3 cm³/mol. The lowest BCUT2D eigenvalue weighted by molar-refractivity contribution is -0.130. The van der Waals surface area contributed by atoms with Crippen LogP contribution in [0.1, 0.15) is 45.0 Å². The van der Waals surface area contributed by atoms with Crippen molar-refractivity contribution in [2.75, 3.05) is 0 Å². The van der Waals surface area contributed by atoms with E-state index in [9.17, 15) is 13.2 Å². The maximum absolute atomic E-state index is 12.0. The van der Waals surface area contributed by atoms with Gasteiger partial charge in [0.15, 0.2) is 0 Å². The number of hydrogen-bond donors (Lipinski definition) is 2. The van der Waals surface area contributed by atoms with Gasteiger partial charge in [0, 0.05) is 10.3 Å². The normalized spacial score (nSPS) is 14.2. The average Bonchev–Trinajstić information content (AvgIpc) is 2.77. The second-order valence-corrected chi connectivity index (χ2v) is 8.04. The van der Waals surface area contributed by atoms with Gasteiger partial charge in [0.25, 0.3) is 0 Å². The second kappa shape index (κ2) is 5.60. The molecule has 0 radical (unpaired) electrons. The first-order valence-corrected chi connectivity index (χ1v) is 8.37. The van der Waals surface area contributed by atoms with E-state index < -0.39 is 15.4 Å². The van der Waals surface area contributed by atoms with Gasteiger partial charge in [-0.15, -0.1) is 11.3 Å². The third kappa shape index (κ3) is 4.02. The molecule has 0 saturated heterocycles. The summed E-state index contributed by atoms with van der Waals surface area (Å²) in [5.74, 6) is -0.0481. The van der Waals surface area contributed by atoms with Crippen molar-refractivity contribution in [3.63, 3.8) is 0 Å². The van der Waals surface area contributed by atoms with Gasteiger partial charge in [-0.1, -0.05) is 20.8 Å². The molecule has 3 N–H and O–H groups in total. The van der Waals surface area contributed by atoms with Gasteiger partial charge in [-0.05, 0) is 25.5 Å². The van der Waals surface area contributed by atoms with Crippen LogP contribution in [0.3, 0.4) is 0 Å². The Balaban J connectivity index is 2.83. The summed E-state index contributed by atoms with van der Waals surface area (Å²) in [5, 5.41) is 7.95. The zero-order valence-electron chi connectivity index (χ0n) is 11.6. The van der Waals surface area contributed by atoms with Crippen LogP contribution in [0.5, 0.6) is 0 Å². The van der Waals surface area contributed by atoms with E-state index in [1.807, 2.05) is 27.7 Å². The molecular weight excluding hydrogens is 284 g/mol. The minimum Gasteiger partial charge on any atom is -0.348 e. The molecule has 0 aromatic carbocycles. The molecule has 0 fully saturated rings. The Morgan fingerprint density at radius 2 is 2.05 bits per heavy atom. The minimum atomic E-state index is -3.67. The Hall–Kier alpha value is -0.920. The number of nitrogens with two attached hydrogens (primary N) is 1. The molecule has 19 heavy (non-hydrogen) atoms. The molecule has 0 saturated carbocycles. The van der Waals surface area contributed by atoms with Crippen molar-refractivity contribution in [2.24, 2.45) is 10.6 Å². The maximum Gasteiger partial charge on any atom is 0.247 e. The Morgan fingerprint density at radius 1 is 1.47 bits per heavy atom. The van der Waals surface area contributed by atoms with Gasteiger partial charge in [0.2, 0.25) is 15.9 Å². The van der Waals surface area contributed by atoms with Crippen LogP contribution < -0.4 is 10.5 Å². The van der Waals surface area contributed by atoms with Gasteiger partial charge in [0.05, 0.1) is 6.04 Å². The number of thiophene rings is 1. The number of nitrogens with one attached hydrogen (secondary N) is 1. The molecular formula is C12H20N2O3S2. The summed E-state index contributed by atoms with van der Waals surface area (Å²) in [6, 6.07) is 2.90. The molecule has 0 aliphatic heterocycles. The fourth-order valence-corrected chi connectivity index (χ4v) is 3.09. The summed E-state index contributed by atoms with van der Waals surface area (Å²) >= 11 is 1.08. The van der Waals surface area contributed by atoms with Crippen LogP contribution >= 0.6 is 11.3 Å². The molecule has 5 nitrogen and oxygen atoms in total. The summed E-state index contributed by atoms with van der Waals surface area (Å²) in [6.45, 7) is 7.52. The quantitative estimate of drug-likeness (QED) is 0.872. The highest BCUT2D eigenvalue weighted by molar-refractivity contribution is 7.91. The summed E-state index contributed by atoms with van der Waals surface area (Å²) in [6.07, 6.45) is 0.735. The van der Waals surface area contributed by atoms with E-state index in [4.69, 9.17) is 5.14 Å². The van der Waals surface area contributed by atoms with Crippen molar-refractivity contribution < 1.29 is 13.2 Å². The van der Waals surface area contributed by atoms with Gasteiger partial charge < -0.3 is 5.32 Å². The van der Waals surface area contributed by atoms with E-state index in [0.717, 1.165) is 22.6 Å². The minimum absolute atomic E-state index is 0.0481. The van der Waals surface area contributed by atoms with E-state index in [1.165, 1.54) is 6.07 Å². The van der Waals surface area contributed by atoms with Crippen LogP contribution in [0.4, 0.5) is 0 Å². The van der Waals surface area contributed by atoms with Crippen LogP contribution in [0.15, 0.2) is 16.3 Å². The van der Waals surface area contributed by atoms with Crippen LogP contribution in [-0.2, 0) is 14.8 Å². The number of carbonyl (C=O) groups excluding carboxylic acids is 1. The highest BCUT2D eigenvalue weighted by Gasteiger charge is 2.27. The zero-order valence-corrected chi connectivity index (χ0v) is 13.2. The van der Waals surface area contributed by atoms with Crippen molar-refractivity contribution in [2.45, 2.75) is 44.4 Å². The number of rotatable bonds is 5. The molecule has 1 unspecified atom stereocenters. The Labute approximate surface area is 118 Å². The third-order valence-electron chi connectivity index (χ3n) is 3.16. The van der Waals surface area contributed by atoms with E-state index >= 15 is 0 Å². The molecule has 1 heterocycles. The van der Waals surface area contributed by atoms with E-state index in [-0.39, 0.29) is 16.2 Å². The first-order chi connectivity index (χ1) is 8.58. The van der Waals surface area contributed by atoms with Gasteiger partial charge in [-0.2, -0.15) is 0 Å². The lowest BCUT2D eigenvalue weighted by Gasteiger charge is -2.24. The molecule has 1 aromatic heterocycles. The molecule has 7 heteroatoms. The summed E-state index contributed by atoms with van der Waals surface area (Å²) in [5.41, 5.74) is -0.436. The number of amides is 1. The molecule has 1 atom stereocenters. The van der Waals surface area contributed by atoms with Crippen LogP contribution in [0, 0.1) is 5.41 Å².